The molecule has 0 atom stereocenters. The minimum absolute atomic E-state index is 0.0856. The summed E-state index contributed by atoms with van der Waals surface area (Å²) in [6.07, 6.45) is 1.54. The Morgan fingerprint density at radius 2 is 1.90 bits per heavy atom. The van der Waals surface area contributed by atoms with Gasteiger partial charge < -0.3 is 18.9 Å². The van der Waals surface area contributed by atoms with Crippen molar-refractivity contribution in [3.8, 4) is 28.9 Å². The fourth-order valence-electron chi connectivity index (χ4n) is 2.77. The molecule has 4 aromatic rings. The number of hydrogen-bond acceptors (Lipinski definition) is 6. The number of furan rings is 1. The number of carbonyl (C=O) groups excluding carboxylic acids is 1. The first kappa shape index (κ1) is 18.5. The first-order valence-corrected chi connectivity index (χ1v) is 9.06. The van der Waals surface area contributed by atoms with Crippen LogP contribution in [-0.4, -0.2) is 22.7 Å². The van der Waals surface area contributed by atoms with Gasteiger partial charge in [-0.15, -0.1) is 10.2 Å². The zero-order valence-electron chi connectivity index (χ0n) is 16.0. The summed E-state index contributed by atoms with van der Waals surface area (Å²) in [6, 6.07) is 16.5. The summed E-state index contributed by atoms with van der Waals surface area (Å²) >= 11 is 0. The Morgan fingerprint density at radius 3 is 2.72 bits per heavy atom. The highest BCUT2D eigenvalue weighted by molar-refractivity contribution is 5.92. The zero-order valence-corrected chi connectivity index (χ0v) is 16.0. The van der Waals surface area contributed by atoms with Crippen molar-refractivity contribution in [2.75, 3.05) is 11.9 Å². The Labute approximate surface area is 167 Å². The molecule has 2 heterocycles. The first-order chi connectivity index (χ1) is 14.1. The lowest BCUT2D eigenvalue weighted by atomic mass is 10.1. The third-order valence-electron chi connectivity index (χ3n) is 4.25. The van der Waals surface area contributed by atoms with Crippen molar-refractivity contribution in [3.63, 3.8) is 0 Å². The summed E-state index contributed by atoms with van der Waals surface area (Å²) in [4.78, 5) is 12.3. The Balaban J connectivity index is 1.42. The maximum absolute atomic E-state index is 12.3. The molecule has 0 aliphatic carbocycles. The van der Waals surface area contributed by atoms with Gasteiger partial charge in [-0.1, -0.05) is 18.2 Å². The van der Waals surface area contributed by atoms with Crippen LogP contribution >= 0.6 is 0 Å². The van der Waals surface area contributed by atoms with E-state index < -0.39 is 0 Å². The second-order valence-electron chi connectivity index (χ2n) is 6.58. The molecule has 0 aliphatic rings. The van der Waals surface area contributed by atoms with Crippen molar-refractivity contribution in [3.05, 3.63) is 72.0 Å². The largest absolute Gasteiger partial charge is 0.483 e. The van der Waals surface area contributed by atoms with Gasteiger partial charge in [-0.25, -0.2) is 0 Å². The van der Waals surface area contributed by atoms with Crippen molar-refractivity contribution in [2.45, 2.75) is 13.8 Å². The highest BCUT2D eigenvalue weighted by Gasteiger charge is 2.13. The van der Waals surface area contributed by atoms with Crippen molar-refractivity contribution >= 4 is 11.6 Å². The number of benzene rings is 2. The van der Waals surface area contributed by atoms with Crippen LogP contribution in [-0.2, 0) is 4.79 Å². The Morgan fingerprint density at radius 1 is 1.03 bits per heavy atom. The molecule has 0 unspecified atom stereocenters. The second kappa shape index (κ2) is 8.02. The summed E-state index contributed by atoms with van der Waals surface area (Å²) in [7, 11) is 0. The summed E-state index contributed by atoms with van der Waals surface area (Å²) in [5.74, 6) is 1.56. The van der Waals surface area contributed by atoms with Crippen LogP contribution < -0.4 is 10.1 Å². The standard InChI is InChI=1S/C22H19N3O4/c1-14-8-9-15(2)19(11-14)28-13-20(26)23-17-6-3-5-16(12-17)21-24-25-22(29-21)18-7-4-10-27-18/h3-12H,13H2,1-2H3,(H,23,26). The summed E-state index contributed by atoms with van der Waals surface area (Å²) in [6.45, 7) is 3.84. The number of anilines is 1. The predicted octanol–water partition coefficient (Wildman–Crippen LogP) is 4.63. The average Bonchev–Trinajstić information content (AvgIpc) is 3.40. The Bertz CT molecular complexity index is 1130. The van der Waals surface area contributed by atoms with E-state index >= 15 is 0 Å². The highest BCUT2D eigenvalue weighted by atomic mass is 16.5. The van der Waals surface area contributed by atoms with E-state index in [1.54, 1.807) is 30.3 Å². The van der Waals surface area contributed by atoms with E-state index in [4.69, 9.17) is 13.6 Å². The molecule has 0 aliphatic heterocycles. The third-order valence-corrected chi connectivity index (χ3v) is 4.25. The lowest BCUT2D eigenvalue weighted by Gasteiger charge is -2.10. The van der Waals surface area contributed by atoms with E-state index in [0.717, 1.165) is 11.1 Å². The number of nitrogens with one attached hydrogen (secondary N) is 1. The molecule has 0 saturated carbocycles. The van der Waals surface area contributed by atoms with Crippen molar-refractivity contribution in [2.24, 2.45) is 0 Å². The van der Waals surface area contributed by atoms with E-state index in [-0.39, 0.29) is 12.5 Å². The third kappa shape index (κ3) is 4.35. The summed E-state index contributed by atoms with van der Waals surface area (Å²) < 4.78 is 16.6. The number of aryl methyl sites for hydroxylation is 2. The van der Waals surface area contributed by atoms with Crippen LogP contribution in [0.15, 0.2) is 69.7 Å². The van der Waals surface area contributed by atoms with Crippen molar-refractivity contribution in [1.29, 1.82) is 0 Å². The first-order valence-electron chi connectivity index (χ1n) is 9.06. The fraction of sp³-hybridized carbons (Fsp3) is 0.136. The van der Waals surface area contributed by atoms with Crippen molar-refractivity contribution in [1.82, 2.24) is 10.2 Å². The number of hydrogen-bond donors (Lipinski definition) is 1. The monoisotopic (exact) mass is 389 g/mol. The zero-order chi connectivity index (χ0) is 20.2. The highest BCUT2D eigenvalue weighted by Crippen LogP contribution is 2.26. The lowest BCUT2D eigenvalue weighted by molar-refractivity contribution is -0.118. The number of nitrogens with zero attached hydrogens (tertiary/aromatic N) is 2. The van der Waals surface area contributed by atoms with E-state index in [9.17, 15) is 4.79 Å². The SMILES string of the molecule is Cc1ccc(C)c(OCC(=O)Nc2cccc(-c3nnc(-c4ccco4)o3)c2)c1. The van der Waals surface area contributed by atoms with Crippen LogP contribution in [0.4, 0.5) is 5.69 Å². The Kier molecular flexibility index (Phi) is 5.11. The number of ether oxygens (including phenoxy) is 1. The minimum atomic E-state index is -0.259. The van der Waals surface area contributed by atoms with E-state index in [1.165, 1.54) is 6.26 Å². The quantitative estimate of drug-likeness (QED) is 0.517. The van der Waals surface area contributed by atoms with Gasteiger partial charge in [0.2, 0.25) is 5.89 Å². The molecule has 2 aromatic heterocycles. The van der Waals surface area contributed by atoms with Crippen LogP contribution in [0, 0.1) is 13.8 Å². The number of amides is 1. The van der Waals surface area contributed by atoms with Crippen LogP contribution in [0.1, 0.15) is 11.1 Å². The smallest absolute Gasteiger partial charge is 0.283 e. The van der Waals surface area contributed by atoms with Gasteiger partial charge in [0.05, 0.1) is 6.26 Å². The van der Waals surface area contributed by atoms with Gasteiger partial charge in [0, 0.05) is 11.3 Å². The van der Waals surface area contributed by atoms with E-state index in [2.05, 4.69) is 15.5 Å². The molecule has 7 nitrogen and oxygen atoms in total. The molecule has 146 valence electrons. The van der Waals surface area contributed by atoms with Crippen LogP contribution in [0.5, 0.6) is 5.75 Å². The molecule has 4 rings (SSSR count). The van der Waals surface area contributed by atoms with Gasteiger partial charge in [0.1, 0.15) is 5.75 Å². The Hall–Kier alpha value is -3.87. The van der Waals surface area contributed by atoms with Crippen LogP contribution in [0.2, 0.25) is 0 Å². The molecular formula is C22H19N3O4. The molecule has 1 amide bonds. The fourth-order valence-corrected chi connectivity index (χ4v) is 2.77. The lowest BCUT2D eigenvalue weighted by Crippen LogP contribution is -2.20. The van der Waals surface area contributed by atoms with E-state index in [0.29, 0.717) is 34.5 Å². The molecule has 0 spiro atoms. The number of aromatic nitrogens is 2. The summed E-state index contributed by atoms with van der Waals surface area (Å²) in [5.41, 5.74) is 3.35. The minimum Gasteiger partial charge on any atom is -0.483 e. The molecule has 0 bridgehead atoms. The molecule has 29 heavy (non-hydrogen) atoms. The van der Waals surface area contributed by atoms with Gasteiger partial charge in [0.25, 0.3) is 11.8 Å². The molecule has 0 saturated heterocycles. The van der Waals surface area contributed by atoms with Gasteiger partial charge >= 0.3 is 0 Å². The van der Waals surface area contributed by atoms with Crippen LogP contribution in [0.3, 0.4) is 0 Å². The molecule has 0 fully saturated rings. The molecular weight excluding hydrogens is 370 g/mol. The number of carbonyl (C=O) groups is 1. The number of rotatable bonds is 6. The molecule has 2 aromatic carbocycles. The van der Waals surface area contributed by atoms with Gasteiger partial charge in [-0.05, 0) is 61.4 Å². The van der Waals surface area contributed by atoms with Crippen molar-refractivity contribution < 1.29 is 18.4 Å². The topological polar surface area (TPSA) is 90.4 Å². The van der Waals surface area contributed by atoms with Gasteiger partial charge in [-0.3, -0.25) is 4.79 Å². The average molecular weight is 389 g/mol. The predicted molar refractivity (Wildman–Crippen MR) is 107 cm³/mol. The maximum atomic E-state index is 12.3. The normalized spacial score (nSPS) is 10.7. The van der Waals surface area contributed by atoms with Crippen LogP contribution in [0.25, 0.3) is 23.1 Å². The second-order valence-corrected chi connectivity index (χ2v) is 6.58. The van der Waals surface area contributed by atoms with E-state index in [1.807, 2.05) is 38.1 Å². The van der Waals surface area contributed by atoms with Gasteiger partial charge in [-0.2, -0.15) is 0 Å². The molecule has 7 heteroatoms. The summed E-state index contributed by atoms with van der Waals surface area (Å²) in [5, 5.41) is 10.8. The molecule has 1 N–H and O–H groups in total. The molecule has 0 radical (unpaired) electrons. The maximum Gasteiger partial charge on any atom is 0.283 e. The van der Waals surface area contributed by atoms with Gasteiger partial charge in [0.15, 0.2) is 12.4 Å².